The van der Waals surface area contributed by atoms with Crippen LogP contribution in [0.3, 0.4) is 0 Å². The average Bonchev–Trinajstić information content (AvgIpc) is 3.23. The number of carbonyl (C=O) groups is 1. The van der Waals surface area contributed by atoms with Crippen molar-refractivity contribution in [2.75, 3.05) is 13.1 Å². The van der Waals surface area contributed by atoms with Gasteiger partial charge in [0.2, 0.25) is 15.1 Å². The van der Waals surface area contributed by atoms with E-state index in [4.69, 9.17) is 4.42 Å². The first-order valence-electron chi connectivity index (χ1n) is 10.4. The van der Waals surface area contributed by atoms with Crippen molar-refractivity contribution in [1.82, 2.24) is 14.3 Å². The number of hydrogen-bond donors (Lipinski definition) is 2. The molecule has 1 aromatic heterocycles. The highest BCUT2D eigenvalue weighted by atomic mass is 32.2. The Morgan fingerprint density at radius 1 is 1.03 bits per heavy atom. The number of amides is 1. The first-order valence-corrected chi connectivity index (χ1v) is 13.3. The summed E-state index contributed by atoms with van der Waals surface area (Å²) in [6.07, 6.45) is 2.72. The van der Waals surface area contributed by atoms with Gasteiger partial charge in [0.25, 0.3) is 15.9 Å². The maximum Gasteiger partial charge on any atom is 0.287 e. The largest absolute Gasteiger partial charge is 0.438 e. The Morgan fingerprint density at radius 3 is 2.38 bits per heavy atom. The Kier molecular flexibility index (Phi) is 7.13. The number of sulfonamides is 2. The van der Waals surface area contributed by atoms with E-state index in [1.54, 1.807) is 39.0 Å². The highest BCUT2D eigenvalue weighted by Gasteiger charge is 2.27. The van der Waals surface area contributed by atoms with E-state index in [1.165, 1.54) is 22.5 Å². The van der Waals surface area contributed by atoms with Crippen LogP contribution in [0.2, 0.25) is 0 Å². The highest BCUT2D eigenvalue weighted by Crippen LogP contribution is 2.21. The molecule has 0 radical (unpaired) electrons. The molecule has 2 aromatic rings. The van der Waals surface area contributed by atoms with Gasteiger partial charge in [0.1, 0.15) is 0 Å². The summed E-state index contributed by atoms with van der Waals surface area (Å²) in [6.45, 7) is 6.17. The van der Waals surface area contributed by atoms with Crippen molar-refractivity contribution in [3.05, 3.63) is 47.7 Å². The molecule has 1 aromatic carbocycles. The second kappa shape index (κ2) is 9.34. The van der Waals surface area contributed by atoms with Gasteiger partial charge in [-0.15, -0.1) is 0 Å². The van der Waals surface area contributed by atoms with Gasteiger partial charge in [0, 0.05) is 25.2 Å². The topological polar surface area (TPSA) is 126 Å². The lowest BCUT2D eigenvalue weighted by Gasteiger charge is -2.26. The number of benzene rings is 1. The van der Waals surface area contributed by atoms with Crippen LogP contribution in [0.5, 0.6) is 0 Å². The predicted molar refractivity (Wildman–Crippen MR) is 119 cm³/mol. The van der Waals surface area contributed by atoms with Gasteiger partial charge in [-0.1, -0.05) is 18.6 Å². The van der Waals surface area contributed by atoms with E-state index in [9.17, 15) is 21.6 Å². The summed E-state index contributed by atoms with van der Waals surface area (Å²) in [7, 11) is -7.47. The van der Waals surface area contributed by atoms with Crippen LogP contribution in [0.15, 0.2) is 50.8 Å². The van der Waals surface area contributed by atoms with Gasteiger partial charge in [-0.25, -0.2) is 21.6 Å². The molecule has 0 bridgehead atoms. The molecule has 0 saturated carbocycles. The minimum absolute atomic E-state index is 0.0607. The Bertz CT molecular complexity index is 1170. The number of piperidine rings is 1. The molecule has 0 atom stereocenters. The molecule has 176 valence electrons. The molecule has 0 spiro atoms. The van der Waals surface area contributed by atoms with Crippen molar-refractivity contribution < 1.29 is 26.0 Å². The second-order valence-corrected chi connectivity index (χ2v) is 12.3. The zero-order valence-electron chi connectivity index (χ0n) is 18.4. The number of carbonyl (C=O) groups excluding carboxylic acids is 1. The van der Waals surface area contributed by atoms with Gasteiger partial charge in [0.15, 0.2) is 5.76 Å². The molecule has 0 unspecified atom stereocenters. The molecular formula is C21H29N3O6S2. The number of hydrogen-bond acceptors (Lipinski definition) is 6. The highest BCUT2D eigenvalue weighted by molar-refractivity contribution is 7.89. The lowest BCUT2D eigenvalue weighted by molar-refractivity contribution is 0.0917. The molecule has 1 fully saturated rings. The Morgan fingerprint density at radius 2 is 1.72 bits per heavy atom. The zero-order valence-corrected chi connectivity index (χ0v) is 20.1. The molecule has 2 N–H and O–H groups in total. The molecule has 1 saturated heterocycles. The molecule has 11 heteroatoms. The maximum atomic E-state index is 12.9. The van der Waals surface area contributed by atoms with Gasteiger partial charge in [-0.2, -0.15) is 4.31 Å². The summed E-state index contributed by atoms with van der Waals surface area (Å²) < 4.78 is 59.5. The summed E-state index contributed by atoms with van der Waals surface area (Å²) >= 11 is 0. The van der Waals surface area contributed by atoms with E-state index < -0.39 is 31.5 Å². The monoisotopic (exact) mass is 483 g/mol. The van der Waals surface area contributed by atoms with Crippen LogP contribution < -0.4 is 10.0 Å². The smallest absolute Gasteiger partial charge is 0.287 e. The lowest BCUT2D eigenvalue weighted by Crippen LogP contribution is -2.40. The molecule has 1 aliphatic heterocycles. The minimum Gasteiger partial charge on any atom is -0.438 e. The third kappa shape index (κ3) is 5.97. The Labute approximate surface area is 189 Å². The van der Waals surface area contributed by atoms with Gasteiger partial charge >= 0.3 is 0 Å². The number of furan rings is 1. The van der Waals surface area contributed by atoms with E-state index in [2.05, 4.69) is 10.0 Å². The van der Waals surface area contributed by atoms with Gasteiger partial charge in [0.05, 0.1) is 4.90 Å². The SMILES string of the molecule is CC(C)(C)NS(=O)(=O)c1ccc(C(=O)NCc2cccc(S(=O)(=O)N3CCCCC3)c2)o1. The summed E-state index contributed by atoms with van der Waals surface area (Å²) in [6, 6.07) is 8.92. The summed E-state index contributed by atoms with van der Waals surface area (Å²) in [4.78, 5) is 12.6. The molecule has 0 aliphatic carbocycles. The molecule has 1 amide bonds. The minimum atomic E-state index is -3.90. The molecule has 32 heavy (non-hydrogen) atoms. The molecule has 2 heterocycles. The van der Waals surface area contributed by atoms with Gasteiger partial charge in [-0.05, 0) is 63.4 Å². The fraction of sp³-hybridized carbons (Fsp3) is 0.476. The summed E-state index contributed by atoms with van der Waals surface area (Å²) in [5, 5.41) is 2.28. The third-order valence-electron chi connectivity index (χ3n) is 4.81. The van der Waals surface area contributed by atoms with Gasteiger partial charge < -0.3 is 9.73 Å². The number of nitrogens with one attached hydrogen (secondary N) is 2. The fourth-order valence-electron chi connectivity index (χ4n) is 3.38. The first kappa shape index (κ1) is 24.4. The first-order chi connectivity index (χ1) is 14.9. The van der Waals surface area contributed by atoms with Crippen molar-refractivity contribution in [2.24, 2.45) is 0 Å². The van der Waals surface area contributed by atoms with Crippen LogP contribution in [0, 0.1) is 0 Å². The summed E-state index contributed by atoms with van der Waals surface area (Å²) in [5.41, 5.74) is -0.0987. The van der Waals surface area contributed by atoms with Crippen LogP contribution in [-0.4, -0.2) is 45.7 Å². The third-order valence-corrected chi connectivity index (χ3v) is 8.34. The van der Waals surface area contributed by atoms with Crippen molar-refractivity contribution in [2.45, 2.75) is 62.1 Å². The maximum absolute atomic E-state index is 12.9. The van der Waals surface area contributed by atoms with Crippen LogP contribution in [0.1, 0.15) is 56.2 Å². The normalized spacial score (nSPS) is 16.1. The van der Waals surface area contributed by atoms with Crippen molar-refractivity contribution >= 4 is 26.0 Å². The fourth-order valence-corrected chi connectivity index (χ4v) is 6.32. The molecular weight excluding hydrogens is 454 g/mol. The second-order valence-electron chi connectivity index (χ2n) is 8.77. The predicted octanol–water partition coefficient (Wildman–Crippen LogP) is 2.46. The average molecular weight is 484 g/mol. The quantitative estimate of drug-likeness (QED) is 0.623. The van der Waals surface area contributed by atoms with Gasteiger partial charge in [-0.3, -0.25) is 4.79 Å². The Hall–Kier alpha value is -2.21. The van der Waals surface area contributed by atoms with E-state index in [0.717, 1.165) is 19.3 Å². The van der Waals surface area contributed by atoms with Crippen molar-refractivity contribution in [3.8, 4) is 0 Å². The number of rotatable bonds is 7. The standard InChI is InChI=1S/C21H29N3O6S2/c1-21(2,3)23-31(26,27)19-11-10-18(30-19)20(25)22-15-16-8-7-9-17(14-16)32(28,29)24-12-5-4-6-13-24/h7-11,14,23H,4-6,12-13,15H2,1-3H3,(H,22,25). The van der Waals surface area contributed by atoms with E-state index in [1.807, 2.05) is 0 Å². The van der Waals surface area contributed by atoms with Crippen LogP contribution >= 0.6 is 0 Å². The van der Waals surface area contributed by atoms with E-state index >= 15 is 0 Å². The van der Waals surface area contributed by atoms with E-state index in [0.29, 0.717) is 18.7 Å². The van der Waals surface area contributed by atoms with Crippen molar-refractivity contribution in [3.63, 3.8) is 0 Å². The van der Waals surface area contributed by atoms with Crippen LogP contribution in [0.25, 0.3) is 0 Å². The van der Waals surface area contributed by atoms with Crippen LogP contribution in [-0.2, 0) is 26.6 Å². The zero-order chi connectivity index (χ0) is 23.6. The van der Waals surface area contributed by atoms with E-state index in [-0.39, 0.29) is 22.3 Å². The lowest BCUT2D eigenvalue weighted by atomic mass is 10.1. The number of nitrogens with zero attached hydrogens (tertiary/aromatic N) is 1. The molecule has 3 rings (SSSR count). The van der Waals surface area contributed by atoms with Crippen LogP contribution in [0.4, 0.5) is 0 Å². The van der Waals surface area contributed by atoms with Crippen molar-refractivity contribution in [1.29, 1.82) is 0 Å². The summed E-state index contributed by atoms with van der Waals surface area (Å²) in [5.74, 6) is -0.761. The molecule has 9 nitrogen and oxygen atoms in total. The molecule has 1 aliphatic rings. The Balaban J connectivity index is 1.67.